The Kier molecular flexibility index (Phi) is 5.42. The third-order valence-corrected chi connectivity index (χ3v) is 6.30. The lowest BCUT2D eigenvalue weighted by molar-refractivity contribution is -0.119. The highest BCUT2D eigenvalue weighted by molar-refractivity contribution is 5.97. The van der Waals surface area contributed by atoms with Crippen molar-refractivity contribution in [3.05, 3.63) is 90.3 Å². The van der Waals surface area contributed by atoms with Gasteiger partial charge in [-0.2, -0.15) is 0 Å². The normalized spacial score (nSPS) is 15.9. The van der Waals surface area contributed by atoms with Crippen LogP contribution in [0.15, 0.2) is 78.9 Å². The number of likely N-dealkylation sites (N-methyl/N-ethyl adjacent to an activating group) is 1. The highest BCUT2D eigenvalue weighted by Crippen LogP contribution is 2.33. The molecule has 0 spiro atoms. The van der Waals surface area contributed by atoms with Crippen LogP contribution in [0.5, 0.6) is 0 Å². The van der Waals surface area contributed by atoms with Gasteiger partial charge in [0.25, 0.3) is 0 Å². The van der Waals surface area contributed by atoms with Gasteiger partial charge in [0.2, 0.25) is 11.8 Å². The summed E-state index contributed by atoms with van der Waals surface area (Å²) in [5.41, 5.74) is 4.61. The number of aryl methyl sites for hydroxylation is 1. The standard InChI is InChI=1S/C27H26N4O2/c1-19-9-8-12-22(15-19)30-17-20(16-25(30)32)27-28-23-13-6-7-14-24(23)31(27)18-26(33)29(2)21-10-4-3-5-11-21/h3-15,20H,16-18H2,1-2H3/t20-/m0/s1. The van der Waals surface area contributed by atoms with Crippen molar-refractivity contribution >= 4 is 34.2 Å². The summed E-state index contributed by atoms with van der Waals surface area (Å²) in [6, 6.07) is 25.4. The molecule has 3 aromatic carbocycles. The van der Waals surface area contributed by atoms with E-state index in [9.17, 15) is 9.59 Å². The van der Waals surface area contributed by atoms with Crippen molar-refractivity contribution in [2.75, 3.05) is 23.4 Å². The molecule has 2 heterocycles. The highest BCUT2D eigenvalue weighted by atomic mass is 16.2. The number of amides is 2. The summed E-state index contributed by atoms with van der Waals surface area (Å²) < 4.78 is 1.98. The minimum absolute atomic E-state index is 0.0366. The molecule has 0 N–H and O–H groups in total. The van der Waals surface area contributed by atoms with E-state index in [0.29, 0.717) is 13.0 Å². The molecule has 166 valence electrons. The zero-order valence-electron chi connectivity index (χ0n) is 18.8. The molecule has 33 heavy (non-hydrogen) atoms. The monoisotopic (exact) mass is 438 g/mol. The van der Waals surface area contributed by atoms with Gasteiger partial charge in [0.1, 0.15) is 12.4 Å². The van der Waals surface area contributed by atoms with Crippen LogP contribution < -0.4 is 9.80 Å². The summed E-state index contributed by atoms with van der Waals surface area (Å²) in [4.78, 5) is 34.5. The number of anilines is 2. The van der Waals surface area contributed by atoms with Crippen LogP contribution in [0.3, 0.4) is 0 Å². The molecule has 1 saturated heterocycles. The van der Waals surface area contributed by atoms with E-state index in [-0.39, 0.29) is 24.3 Å². The van der Waals surface area contributed by atoms with Crippen molar-refractivity contribution in [3.8, 4) is 0 Å². The van der Waals surface area contributed by atoms with Gasteiger partial charge in [0, 0.05) is 37.3 Å². The van der Waals surface area contributed by atoms with Gasteiger partial charge in [-0.15, -0.1) is 0 Å². The molecule has 1 aromatic heterocycles. The van der Waals surface area contributed by atoms with E-state index in [2.05, 4.69) is 0 Å². The van der Waals surface area contributed by atoms with Crippen LogP contribution in [0.1, 0.15) is 23.7 Å². The number of benzene rings is 3. The summed E-state index contributed by atoms with van der Waals surface area (Å²) in [7, 11) is 1.79. The molecule has 0 aliphatic carbocycles. The Morgan fingerprint density at radius 1 is 1.03 bits per heavy atom. The fraction of sp³-hybridized carbons (Fsp3) is 0.222. The Balaban J connectivity index is 1.47. The average molecular weight is 439 g/mol. The van der Waals surface area contributed by atoms with Crippen LogP contribution >= 0.6 is 0 Å². The van der Waals surface area contributed by atoms with Gasteiger partial charge in [0.05, 0.1) is 11.0 Å². The van der Waals surface area contributed by atoms with Crippen molar-refractivity contribution in [2.24, 2.45) is 0 Å². The minimum atomic E-state index is -0.0831. The first kappa shape index (κ1) is 20.9. The fourth-order valence-electron chi connectivity index (χ4n) is 4.53. The molecular formula is C27H26N4O2. The maximum atomic E-state index is 13.2. The molecule has 0 saturated carbocycles. The lowest BCUT2D eigenvalue weighted by Gasteiger charge is -2.20. The van der Waals surface area contributed by atoms with Crippen LogP contribution in [-0.2, 0) is 16.1 Å². The Morgan fingerprint density at radius 3 is 2.58 bits per heavy atom. The second-order valence-electron chi connectivity index (χ2n) is 8.58. The molecule has 6 nitrogen and oxygen atoms in total. The smallest absolute Gasteiger partial charge is 0.246 e. The zero-order chi connectivity index (χ0) is 22.9. The Labute approximate surface area is 193 Å². The third kappa shape index (κ3) is 4.00. The summed E-state index contributed by atoms with van der Waals surface area (Å²) in [6.07, 6.45) is 0.375. The molecule has 1 aliphatic heterocycles. The van der Waals surface area contributed by atoms with Crippen LogP contribution in [0.4, 0.5) is 11.4 Å². The number of fused-ring (bicyclic) bond motifs is 1. The van der Waals surface area contributed by atoms with Gasteiger partial charge < -0.3 is 14.4 Å². The lowest BCUT2D eigenvalue weighted by atomic mass is 10.1. The highest BCUT2D eigenvalue weighted by Gasteiger charge is 2.35. The number of aromatic nitrogens is 2. The third-order valence-electron chi connectivity index (χ3n) is 6.30. The van der Waals surface area contributed by atoms with Crippen molar-refractivity contribution in [3.63, 3.8) is 0 Å². The molecule has 1 fully saturated rings. The van der Waals surface area contributed by atoms with Crippen molar-refractivity contribution < 1.29 is 9.59 Å². The number of imidazole rings is 1. The second kappa shape index (κ2) is 8.54. The van der Waals surface area contributed by atoms with E-state index >= 15 is 0 Å². The largest absolute Gasteiger partial charge is 0.318 e. The number of hydrogen-bond acceptors (Lipinski definition) is 3. The van der Waals surface area contributed by atoms with Gasteiger partial charge >= 0.3 is 0 Å². The van der Waals surface area contributed by atoms with E-state index in [1.807, 2.05) is 95.3 Å². The molecular weight excluding hydrogens is 412 g/mol. The number of carbonyl (C=O) groups is 2. The number of para-hydroxylation sites is 3. The molecule has 6 heteroatoms. The quantitative estimate of drug-likeness (QED) is 0.460. The topological polar surface area (TPSA) is 58.4 Å². The molecule has 4 aromatic rings. The SMILES string of the molecule is Cc1cccc(N2C[C@@H](c3nc4ccccc4n3CC(=O)N(C)c3ccccc3)CC2=O)c1. The van der Waals surface area contributed by atoms with Gasteiger partial charge in [-0.3, -0.25) is 9.59 Å². The molecule has 5 rings (SSSR count). The molecule has 0 radical (unpaired) electrons. The van der Waals surface area contributed by atoms with E-state index in [1.54, 1.807) is 11.9 Å². The Morgan fingerprint density at radius 2 is 1.79 bits per heavy atom. The summed E-state index contributed by atoms with van der Waals surface area (Å²) >= 11 is 0. The van der Waals surface area contributed by atoms with E-state index < -0.39 is 0 Å². The number of carbonyl (C=O) groups excluding carboxylic acids is 2. The van der Waals surface area contributed by atoms with Crippen LogP contribution in [-0.4, -0.2) is 35.0 Å². The number of rotatable bonds is 5. The van der Waals surface area contributed by atoms with Gasteiger partial charge in [-0.25, -0.2) is 4.98 Å². The first-order valence-corrected chi connectivity index (χ1v) is 11.1. The molecule has 1 atom stereocenters. The second-order valence-corrected chi connectivity index (χ2v) is 8.58. The average Bonchev–Trinajstić information content (AvgIpc) is 3.39. The number of hydrogen-bond donors (Lipinski definition) is 0. The summed E-state index contributed by atoms with van der Waals surface area (Å²) in [5, 5.41) is 0. The first-order valence-electron chi connectivity index (χ1n) is 11.1. The van der Waals surface area contributed by atoms with Crippen LogP contribution in [0.25, 0.3) is 11.0 Å². The van der Waals surface area contributed by atoms with Crippen LogP contribution in [0, 0.1) is 6.92 Å². The maximum Gasteiger partial charge on any atom is 0.246 e. The summed E-state index contributed by atoms with van der Waals surface area (Å²) in [6.45, 7) is 2.74. The maximum absolute atomic E-state index is 13.2. The summed E-state index contributed by atoms with van der Waals surface area (Å²) in [5.74, 6) is 0.747. The molecule has 1 aliphatic rings. The minimum Gasteiger partial charge on any atom is -0.318 e. The fourth-order valence-corrected chi connectivity index (χ4v) is 4.53. The van der Waals surface area contributed by atoms with Crippen molar-refractivity contribution in [2.45, 2.75) is 25.8 Å². The molecule has 0 unspecified atom stereocenters. The molecule has 2 amide bonds. The predicted octanol–water partition coefficient (Wildman–Crippen LogP) is 4.53. The molecule has 0 bridgehead atoms. The van der Waals surface area contributed by atoms with Crippen LogP contribution in [0.2, 0.25) is 0 Å². The van der Waals surface area contributed by atoms with Gasteiger partial charge in [-0.05, 0) is 48.9 Å². The Hall–Kier alpha value is -3.93. The number of nitrogens with zero attached hydrogens (tertiary/aromatic N) is 4. The zero-order valence-corrected chi connectivity index (χ0v) is 18.8. The van der Waals surface area contributed by atoms with Crippen molar-refractivity contribution in [1.29, 1.82) is 0 Å². The van der Waals surface area contributed by atoms with Crippen molar-refractivity contribution in [1.82, 2.24) is 9.55 Å². The van der Waals surface area contributed by atoms with Gasteiger partial charge in [-0.1, -0.05) is 42.5 Å². The van der Waals surface area contributed by atoms with E-state index in [4.69, 9.17) is 4.98 Å². The predicted molar refractivity (Wildman–Crippen MR) is 130 cm³/mol. The van der Waals surface area contributed by atoms with E-state index in [1.165, 1.54) is 0 Å². The van der Waals surface area contributed by atoms with E-state index in [0.717, 1.165) is 33.8 Å². The Bertz CT molecular complexity index is 1330. The first-order chi connectivity index (χ1) is 16.0. The van der Waals surface area contributed by atoms with Gasteiger partial charge in [0.15, 0.2) is 0 Å². The lowest BCUT2D eigenvalue weighted by Crippen LogP contribution is -2.31.